The van der Waals surface area contributed by atoms with Gasteiger partial charge in [0.2, 0.25) is 0 Å². The lowest BCUT2D eigenvalue weighted by Gasteiger charge is -2.35. The molecule has 0 amide bonds. The maximum atomic E-state index is 10.1. The zero-order chi connectivity index (χ0) is 78.3. The molecule has 0 saturated heterocycles. The van der Waals surface area contributed by atoms with Gasteiger partial charge in [-0.1, -0.05) is 115 Å². The highest BCUT2D eigenvalue weighted by Crippen LogP contribution is 2.54. The second kappa shape index (κ2) is 33.4. The Kier molecular flexibility index (Phi) is 23.0. The van der Waals surface area contributed by atoms with Crippen LogP contribution in [0.4, 0.5) is 0 Å². The molecule has 0 bridgehead atoms. The second-order valence-electron chi connectivity index (χ2n) is 28.4. The van der Waals surface area contributed by atoms with E-state index in [0.717, 1.165) is 124 Å². The number of hydrogen-bond donors (Lipinski definition) is 8. The minimum Gasteiger partial charge on any atom is -0.508 e. The van der Waals surface area contributed by atoms with Crippen molar-refractivity contribution >= 4 is 0 Å². The summed E-state index contributed by atoms with van der Waals surface area (Å²) in [4.78, 5) is 0. The van der Waals surface area contributed by atoms with E-state index in [1.54, 1.807) is 84.1 Å². The number of ether oxygens (including phenoxy) is 9. The molecular weight excluding hydrogens is 1400 g/mol. The average molecular weight is 1490 g/mol. The first-order valence-electron chi connectivity index (χ1n) is 36.8. The van der Waals surface area contributed by atoms with Crippen LogP contribution in [0, 0.1) is 34.6 Å². The number of phenols is 8. The third-order valence-electron chi connectivity index (χ3n) is 22.1. The van der Waals surface area contributed by atoms with Crippen molar-refractivity contribution in [2.24, 2.45) is 0 Å². The van der Waals surface area contributed by atoms with E-state index < -0.39 is 0 Å². The lowest BCUT2D eigenvalue weighted by molar-refractivity contribution is 0.245. The number of benzene rings is 12. The summed E-state index contributed by atoms with van der Waals surface area (Å²) in [6.45, 7) is 11.7. The first kappa shape index (κ1) is 76.4. The fourth-order valence-electron chi connectivity index (χ4n) is 15.8. The number of aromatic hydroxyl groups is 8. The molecule has 17 heteroatoms. The summed E-state index contributed by atoms with van der Waals surface area (Å²) in [7, 11) is 8.29. The molecule has 8 atom stereocenters. The molecule has 4 aliphatic heterocycles. The molecule has 8 unspecified atom stereocenters. The van der Waals surface area contributed by atoms with E-state index in [-0.39, 0.29) is 93.3 Å². The van der Waals surface area contributed by atoms with Gasteiger partial charge in [0.15, 0.2) is 23.0 Å². The lowest BCUT2D eigenvalue weighted by atomic mass is 9.75. The molecule has 16 rings (SSSR count). The van der Waals surface area contributed by atoms with Gasteiger partial charge in [0.1, 0.15) is 74.7 Å². The Morgan fingerprint density at radius 2 is 0.514 bits per heavy atom. The Morgan fingerprint density at radius 3 is 0.820 bits per heavy atom. The zero-order valence-electron chi connectivity index (χ0n) is 63.6. The molecule has 0 aliphatic carbocycles. The maximum Gasteiger partial charge on any atom is 0.157 e. The molecule has 570 valence electrons. The number of phenolic OH excluding ortho intramolecular Hbond substituents is 8. The highest BCUT2D eigenvalue weighted by Gasteiger charge is 2.40. The number of fused-ring (bicyclic) bond motifs is 4. The fraction of sp³-hybridized carbons (Fsp3) is 0.234. The second-order valence-corrected chi connectivity index (χ2v) is 28.4. The first-order valence-corrected chi connectivity index (χ1v) is 36.8. The highest BCUT2D eigenvalue weighted by molar-refractivity contribution is 5.61. The van der Waals surface area contributed by atoms with Crippen LogP contribution in [0.5, 0.6) is 97.7 Å². The number of methoxy groups -OCH3 is 5. The van der Waals surface area contributed by atoms with Gasteiger partial charge < -0.3 is 83.5 Å². The van der Waals surface area contributed by atoms with E-state index in [0.29, 0.717) is 37.7 Å². The van der Waals surface area contributed by atoms with Crippen LogP contribution in [0.25, 0.3) is 0 Å². The number of aryl methyl sites for hydroxylation is 1. The fourth-order valence-corrected chi connectivity index (χ4v) is 15.8. The molecule has 12 aromatic rings. The Hall–Kier alpha value is -12.8. The SMILES string of the molecule is COc1ccc(C2c3ccc(C)c(C)c3OCC2c2ccc(O)c(O)c2)cc1.COc1ccc(C2c3ccc(O)c(C)c3OCC2c2ccc(O)c(O)c2)cc1.COc1ccc(C2c3ccc(O)c(C)c3OCC2c2cccc(O)c2)cc1.COc1ccc(C2c3ccc(O)c(C)c3OCC2c2cccc(OC)c2)cc1. The molecule has 4 heterocycles. The number of hydrogen-bond acceptors (Lipinski definition) is 17. The topological polar surface area (TPSA) is 245 Å². The summed E-state index contributed by atoms with van der Waals surface area (Å²) < 4.78 is 51.1. The molecule has 4 aliphatic rings. The Morgan fingerprint density at radius 1 is 0.243 bits per heavy atom. The first-order chi connectivity index (χ1) is 53.7. The van der Waals surface area contributed by atoms with Crippen LogP contribution >= 0.6 is 0 Å². The van der Waals surface area contributed by atoms with E-state index in [1.807, 2.05) is 130 Å². The van der Waals surface area contributed by atoms with Gasteiger partial charge in [-0.3, -0.25) is 0 Å². The predicted molar refractivity (Wildman–Crippen MR) is 427 cm³/mol. The van der Waals surface area contributed by atoms with E-state index in [9.17, 15) is 40.9 Å². The van der Waals surface area contributed by atoms with Crippen molar-refractivity contribution in [1.82, 2.24) is 0 Å². The van der Waals surface area contributed by atoms with Crippen molar-refractivity contribution in [3.05, 3.63) is 325 Å². The quantitative estimate of drug-likeness (QED) is 0.0500. The molecular formula is C94H92O17. The third kappa shape index (κ3) is 15.9. The molecule has 0 spiro atoms. The van der Waals surface area contributed by atoms with Crippen molar-refractivity contribution in [2.45, 2.75) is 82.0 Å². The van der Waals surface area contributed by atoms with E-state index in [4.69, 9.17) is 42.6 Å². The summed E-state index contributed by atoms with van der Waals surface area (Å²) in [6.07, 6.45) is 0. The van der Waals surface area contributed by atoms with Crippen LogP contribution in [0.15, 0.2) is 231 Å². The highest BCUT2D eigenvalue weighted by atomic mass is 16.5. The van der Waals surface area contributed by atoms with Crippen molar-refractivity contribution in [3.63, 3.8) is 0 Å². The summed E-state index contributed by atoms with van der Waals surface area (Å²) in [5.41, 5.74) is 17.4. The van der Waals surface area contributed by atoms with Gasteiger partial charge in [-0.05, 0) is 206 Å². The smallest absolute Gasteiger partial charge is 0.157 e. The summed E-state index contributed by atoms with van der Waals surface area (Å²) in [5.74, 6) is 7.89. The third-order valence-corrected chi connectivity index (χ3v) is 22.1. The van der Waals surface area contributed by atoms with Crippen molar-refractivity contribution in [1.29, 1.82) is 0 Å². The molecule has 0 fully saturated rings. The van der Waals surface area contributed by atoms with Crippen LogP contribution in [-0.2, 0) is 0 Å². The van der Waals surface area contributed by atoms with Gasteiger partial charge in [-0.25, -0.2) is 0 Å². The molecule has 12 aromatic carbocycles. The normalized spacial score (nSPS) is 18.3. The molecule has 0 radical (unpaired) electrons. The molecule has 111 heavy (non-hydrogen) atoms. The van der Waals surface area contributed by atoms with Gasteiger partial charge in [-0.2, -0.15) is 0 Å². The molecule has 0 aromatic heterocycles. The van der Waals surface area contributed by atoms with Crippen LogP contribution < -0.4 is 42.6 Å². The number of rotatable bonds is 13. The summed E-state index contributed by atoms with van der Waals surface area (Å²) >= 11 is 0. The lowest BCUT2D eigenvalue weighted by Crippen LogP contribution is -2.26. The average Bonchev–Trinajstić information content (AvgIpc) is 0.780. The zero-order valence-corrected chi connectivity index (χ0v) is 63.6. The van der Waals surface area contributed by atoms with Gasteiger partial charge in [0, 0.05) is 86.3 Å². The van der Waals surface area contributed by atoms with Crippen molar-refractivity contribution < 1.29 is 83.5 Å². The van der Waals surface area contributed by atoms with Crippen LogP contribution in [-0.4, -0.2) is 103 Å². The van der Waals surface area contributed by atoms with Crippen LogP contribution in [0.1, 0.15) is 142 Å². The van der Waals surface area contributed by atoms with E-state index >= 15 is 0 Å². The van der Waals surface area contributed by atoms with Gasteiger partial charge in [0.05, 0.1) is 62.0 Å². The standard InChI is InChI=1S/2C24H24O4.C23H22O5.C23H22O4/c1-14-4-10-19-23(16-5-8-18(27-3)9-6-16)20(13-28-24(19)15(14)2)17-7-11-21(25)22(26)12-17;1-15-22(25)12-11-20-23(16-7-9-18(26-2)10-8-16)21(14-28-24(15)20)17-5-4-6-19(13-17)27-3;1-13-19(24)10-8-17-22(14-3-6-16(27-2)7-4-14)18(12-28-23(13)17)15-5-9-20(25)21(26)11-15;1-14-21(25)11-10-19-22(15-6-8-18(26-2)9-7-15)20(13-27-23(14)19)16-4-3-5-17(24)12-16/h4-12,20,23,25-26H,13H2,1-3H3;4-13,21,23,25H,14H2,1-3H3;3-11,18,22,24-26H,12H2,1-2H3;3-12,20,22,24-25H,13H2,1-2H3. The summed E-state index contributed by atoms with van der Waals surface area (Å²) in [6, 6.07) is 72.8. The molecule has 8 N–H and O–H groups in total. The van der Waals surface area contributed by atoms with Gasteiger partial charge >= 0.3 is 0 Å². The predicted octanol–water partition coefficient (Wildman–Crippen LogP) is 19.2. The largest absolute Gasteiger partial charge is 0.508 e. The Bertz CT molecular complexity index is 5100. The van der Waals surface area contributed by atoms with Crippen LogP contribution in [0.3, 0.4) is 0 Å². The molecule has 0 saturated carbocycles. The maximum absolute atomic E-state index is 10.1. The summed E-state index contributed by atoms with van der Waals surface area (Å²) in [5, 5.41) is 79.7. The van der Waals surface area contributed by atoms with Crippen molar-refractivity contribution in [3.8, 4) is 97.7 Å². The Balaban J connectivity index is 0.000000130. The van der Waals surface area contributed by atoms with E-state index in [2.05, 4.69) is 74.5 Å². The minimum absolute atomic E-state index is 0.00880. The van der Waals surface area contributed by atoms with Crippen LogP contribution in [0.2, 0.25) is 0 Å². The monoisotopic (exact) mass is 1490 g/mol. The Labute approximate surface area is 646 Å². The van der Waals surface area contributed by atoms with E-state index in [1.165, 1.54) is 23.3 Å². The van der Waals surface area contributed by atoms with Gasteiger partial charge in [0.25, 0.3) is 0 Å². The molecule has 17 nitrogen and oxygen atoms in total. The van der Waals surface area contributed by atoms with Crippen molar-refractivity contribution in [2.75, 3.05) is 62.0 Å². The van der Waals surface area contributed by atoms with Gasteiger partial charge in [-0.15, -0.1) is 0 Å². The minimum atomic E-state index is -0.154.